The van der Waals surface area contributed by atoms with Gasteiger partial charge in [-0.3, -0.25) is 4.79 Å². The molecule has 1 amide bonds. The molecule has 86 valence electrons. The van der Waals surface area contributed by atoms with E-state index in [0.717, 1.165) is 0 Å². The van der Waals surface area contributed by atoms with Crippen LogP contribution >= 0.6 is 23.2 Å². The Morgan fingerprint density at radius 2 is 2.25 bits per heavy atom. The second-order valence-electron chi connectivity index (χ2n) is 3.54. The Bertz CT molecular complexity index is 438. The maximum absolute atomic E-state index is 11.0. The lowest BCUT2D eigenvalue weighted by Crippen LogP contribution is -2.23. The largest absolute Gasteiger partial charge is 0.382 e. The van der Waals surface area contributed by atoms with Crippen molar-refractivity contribution in [2.45, 2.75) is 12.5 Å². The van der Waals surface area contributed by atoms with Gasteiger partial charge in [0.05, 0.1) is 16.1 Å². The predicted octanol–water partition coefficient (Wildman–Crippen LogP) is 1.27. The highest BCUT2D eigenvalue weighted by molar-refractivity contribution is 6.37. The van der Waals surface area contributed by atoms with Crippen LogP contribution in [0.25, 0.3) is 0 Å². The molecule has 2 heterocycles. The van der Waals surface area contributed by atoms with Crippen molar-refractivity contribution in [3.05, 3.63) is 16.1 Å². The molecule has 0 aliphatic carbocycles. The number of hydrogen-bond acceptors (Lipinski definition) is 4. The molecule has 1 aliphatic heterocycles. The number of hydrogen-bond donors (Lipinski definition) is 3. The SMILES string of the molecule is Nc1nc(NC2CNC(=O)C2)c(Cl)cc1Cl. The highest BCUT2D eigenvalue weighted by atomic mass is 35.5. The van der Waals surface area contributed by atoms with Crippen LogP contribution in [0.1, 0.15) is 6.42 Å². The van der Waals surface area contributed by atoms with Gasteiger partial charge in [-0.15, -0.1) is 0 Å². The van der Waals surface area contributed by atoms with Crippen molar-refractivity contribution in [1.82, 2.24) is 10.3 Å². The molecule has 1 aromatic heterocycles. The van der Waals surface area contributed by atoms with E-state index in [0.29, 0.717) is 28.8 Å². The first-order chi connectivity index (χ1) is 7.56. The van der Waals surface area contributed by atoms with Gasteiger partial charge in [-0.2, -0.15) is 0 Å². The molecule has 1 aromatic rings. The average Bonchev–Trinajstić information content (AvgIpc) is 2.60. The van der Waals surface area contributed by atoms with E-state index in [1.807, 2.05) is 0 Å². The van der Waals surface area contributed by atoms with Crippen molar-refractivity contribution in [2.75, 3.05) is 17.6 Å². The zero-order valence-corrected chi connectivity index (χ0v) is 9.77. The monoisotopic (exact) mass is 260 g/mol. The van der Waals surface area contributed by atoms with Gasteiger partial charge < -0.3 is 16.4 Å². The number of rotatable bonds is 2. The highest BCUT2D eigenvalue weighted by Crippen LogP contribution is 2.28. The van der Waals surface area contributed by atoms with Crippen LogP contribution in [0.5, 0.6) is 0 Å². The number of pyridine rings is 1. The minimum atomic E-state index is -0.0157. The van der Waals surface area contributed by atoms with Crippen molar-refractivity contribution in [2.24, 2.45) is 0 Å². The maximum Gasteiger partial charge on any atom is 0.222 e. The number of halogens is 2. The fourth-order valence-electron chi connectivity index (χ4n) is 1.48. The van der Waals surface area contributed by atoms with E-state index in [-0.39, 0.29) is 17.8 Å². The van der Waals surface area contributed by atoms with Crippen LogP contribution in [-0.2, 0) is 4.79 Å². The van der Waals surface area contributed by atoms with Gasteiger partial charge in [-0.05, 0) is 6.07 Å². The van der Waals surface area contributed by atoms with Gasteiger partial charge in [0, 0.05) is 13.0 Å². The molecular weight excluding hydrogens is 251 g/mol. The van der Waals surface area contributed by atoms with Gasteiger partial charge in [0.1, 0.15) is 11.6 Å². The molecule has 1 unspecified atom stereocenters. The van der Waals surface area contributed by atoms with Gasteiger partial charge in [-0.1, -0.05) is 23.2 Å². The van der Waals surface area contributed by atoms with Gasteiger partial charge in [-0.25, -0.2) is 4.98 Å². The Morgan fingerprint density at radius 3 is 2.88 bits per heavy atom. The quantitative estimate of drug-likeness (QED) is 0.749. The fourth-order valence-corrected chi connectivity index (χ4v) is 1.90. The van der Waals surface area contributed by atoms with Gasteiger partial charge in [0.25, 0.3) is 0 Å². The fraction of sp³-hybridized carbons (Fsp3) is 0.333. The van der Waals surface area contributed by atoms with Gasteiger partial charge >= 0.3 is 0 Å². The minimum Gasteiger partial charge on any atom is -0.382 e. The lowest BCUT2D eigenvalue weighted by atomic mass is 10.2. The summed E-state index contributed by atoms with van der Waals surface area (Å²) in [7, 11) is 0. The highest BCUT2D eigenvalue weighted by Gasteiger charge is 2.22. The number of nitrogens with one attached hydrogen (secondary N) is 2. The van der Waals surface area contributed by atoms with Gasteiger partial charge in [0.2, 0.25) is 5.91 Å². The summed E-state index contributed by atoms with van der Waals surface area (Å²) in [6.07, 6.45) is 0.403. The number of nitrogens with zero attached hydrogens (tertiary/aromatic N) is 1. The van der Waals surface area contributed by atoms with Crippen molar-refractivity contribution >= 4 is 40.7 Å². The van der Waals surface area contributed by atoms with Crippen LogP contribution in [-0.4, -0.2) is 23.5 Å². The first-order valence-corrected chi connectivity index (χ1v) is 5.46. The van der Waals surface area contributed by atoms with E-state index >= 15 is 0 Å². The Kier molecular flexibility index (Phi) is 3.07. The predicted molar refractivity (Wildman–Crippen MR) is 63.7 cm³/mol. The number of nitrogens with two attached hydrogens (primary N) is 1. The van der Waals surface area contributed by atoms with Crippen LogP contribution in [0.2, 0.25) is 10.0 Å². The van der Waals surface area contributed by atoms with E-state index in [1.54, 1.807) is 0 Å². The first kappa shape index (κ1) is 11.3. The standard InChI is InChI=1S/C9H10Cl2N4O/c10-5-2-6(11)9(15-8(5)12)14-4-1-7(16)13-3-4/h2,4H,1,3H2,(H,13,16)(H3,12,14,15). The van der Waals surface area contributed by atoms with E-state index in [9.17, 15) is 4.79 Å². The molecule has 1 saturated heterocycles. The van der Waals surface area contributed by atoms with Crippen molar-refractivity contribution < 1.29 is 4.79 Å². The summed E-state index contributed by atoms with van der Waals surface area (Å²) in [6.45, 7) is 0.555. The summed E-state index contributed by atoms with van der Waals surface area (Å²) in [6, 6.07) is 1.51. The third-order valence-electron chi connectivity index (χ3n) is 2.27. The Morgan fingerprint density at radius 1 is 1.50 bits per heavy atom. The van der Waals surface area contributed by atoms with E-state index in [2.05, 4.69) is 15.6 Å². The molecule has 0 spiro atoms. The lowest BCUT2D eigenvalue weighted by molar-refractivity contribution is -0.119. The van der Waals surface area contributed by atoms with Crippen LogP contribution in [0.3, 0.4) is 0 Å². The molecule has 5 nitrogen and oxygen atoms in total. The number of amides is 1. The smallest absolute Gasteiger partial charge is 0.222 e. The van der Waals surface area contributed by atoms with Crippen LogP contribution in [0.4, 0.5) is 11.6 Å². The molecule has 1 fully saturated rings. The zero-order chi connectivity index (χ0) is 11.7. The molecular formula is C9H10Cl2N4O. The first-order valence-electron chi connectivity index (χ1n) is 4.71. The van der Waals surface area contributed by atoms with Crippen LogP contribution < -0.4 is 16.4 Å². The third kappa shape index (κ3) is 2.31. The van der Waals surface area contributed by atoms with E-state index in [1.165, 1.54) is 6.07 Å². The molecule has 1 aliphatic rings. The van der Waals surface area contributed by atoms with Crippen LogP contribution in [0, 0.1) is 0 Å². The Labute approximate surface area is 102 Å². The van der Waals surface area contributed by atoms with E-state index < -0.39 is 0 Å². The normalized spacial score (nSPS) is 19.6. The molecule has 7 heteroatoms. The molecule has 2 rings (SSSR count). The molecule has 4 N–H and O–H groups in total. The minimum absolute atomic E-state index is 0.00978. The molecule has 0 saturated carbocycles. The summed E-state index contributed by atoms with van der Waals surface area (Å²) in [5.74, 6) is 0.673. The zero-order valence-electron chi connectivity index (χ0n) is 8.26. The number of anilines is 2. The summed E-state index contributed by atoms with van der Waals surface area (Å²) < 4.78 is 0. The number of aromatic nitrogens is 1. The van der Waals surface area contributed by atoms with Crippen molar-refractivity contribution in [3.63, 3.8) is 0 Å². The maximum atomic E-state index is 11.0. The van der Waals surface area contributed by atoms with Gasteiger partial charge in [0.15, 0.2) is 0 Å². The summed E-state index contributed by atoms with van der Waals surface area (Å²) in [5, 5.41) is 6.45. The van der Waals surface area contributed by atoms with Crippen molar-refractivity contribution in [1.29, 1.82) is 0 Å². The second kappa shape index (κ2) is 4.35. The van der Waals surface area contributed by atoms with E-state index in [4.69, 9.17) is 28.9 Å². The average molecular weight is 261 g/mol. The number of nitrogen functional groups attached to an aromatic ring is 1. The summed E-state index contributed by atoms with van der Waals surface area (Å²) in [4.78, 5) is 15.0. The molecule has 0 radical (unpaired) electrons. The molecule has 0 bridgehead atoms. The van der Waals surface area contributed by atoms with Crippen LogP contribution in [0.15, 0.2) is 6.07 Å². The lowest BCUT2D eigenvalue weighted by Gasteiger charge is -2.13. The molecule has 1 atom stereocenters. The third-order valence-corrected chi connectivity index (χ3v) is 2.87. The number of carbonyl (C=O) groups is 1. The molecule has 16 heavy (non-hydrogen) atoms. The number of carbonyl (C=O) groups excluding carboxylic acids is 1. The molecule has 0 aromatic carbocycles. The topological polar surface area (TPSA) is 80.0 Å². The Balaban J connectivity index is 2.15. The van der Waals surface area contributed by atoms with Crippen molar-refractivity contribution in [3.8, 4) is 0 Å². The Hall–Kier alpha value is -1.20. The summed E-state index contributed by atoms with van der Waals surface area (Å²) >= 11 is 11.7. The summed E-state index contributed by atoms with van der Waals surface area (Å²) in [5.41, 5.74) is 5.57. The second-order valence-corrected chi connectivity index (χ2v) is 4.35.